The molecule has 4 heteroatoms. The van der Waals surface area contributed by atoms with Crippen molar-refractivity contribution in [2.75, 3.05) is 14.2 Å². The van der Waals surface area contributed by atoms with Crippen molar-refractivity contribution in [1.29, 1.82) is 0 Å². The molecule has 2 atom stereocenters. The van der Waals surface area contributed by atoms with E-state index in [0.717, 1.165) is 25.7 Å². The lowest BCUT2D eigenvalue weighted by Gasteiger charge is -2.61. The Hall–Kier alpha value is -0.610. The zero-order valence-electron chi connectivity index (χ0n) is 13.0. The fourth-order valence-electron chi connectivity index (χ4n) is 3.48. The van der Waals surface area contributed by atoms with Crippen LogP contribution in [0.1, 0.15) is 52.9 Å². The largest absolute Gasteiger partial charge is 0.378 e. The number of hydrogen-bond donors (Lipinski definition) is 1. The number of ether oxygens (including phenoxy) is 1. The summed E-state index contributed by atoms with van der Waals surface area (Å²) in [6.45, 7) is 6.48. The van der Waals surface area contributed by atoms with Gasteiger partial charge in [0.15, 0.2) is 0 Å². The van der Waals surface area contributed by atoms with Crippen LogP contribution in [0.15, 0.2) is 0 Å². The first-order valence-electron chi connectivity index (χ1n) is 7.25. The van der Waals surface area contributed by atoms with Crippen molar-refractivity contribution in [2.45, 2.75) is 70.1 Å². The molecule has 2 aliphatic carbocycles. The normalized spacial score (nSPS) is 35.2. The second-order valence-electron chi connectivity index (χ2n) is 7.27. The van der Waals surface area contributed by atoms with Gasteiger partial charge < -0.3 is 15.4 Å². The van der Waals surface area contributed by atoms with Crippen molar-refractivity contribution in [3.8, 4) is 0 Å². The maximum atomic E-state index is 12.4. The summed E-state index contributed by atoms with van der Waals surface area (Å²) in [7, 11) is 3.66. The highest BCUT2D eigenvalue weighted by atomic mass is 16.5. The predicted octanol–water partition coefficient (Wildman–Crippen LogP) is 1.92. The molecule has 2 saturated carbocycles. The van der Waals surface area contributed by atoms with Crippen LogP contribution in [0.2, 0.25) is 0 Å². The van der Waals surface area contributed by atoms with Crippen molar-refractivity contribution in [3.05, 3.63) is 0 Å². The summed E-state index contributed by atoms with van der Waals surface area (Å²) < 4.78 is 5.62. The number of nitrogens with two attached hydrogens (primary N) is 1. The van der Waals surface area contributed by atoms with Gasteiger partial charge in [0.25, 0.3) is 0 Å². The molecule has 0 saturated heterocycles. The van der Waals surface area contributed by atoms with E-state index in [0.29, 0.717) is 6.42 Å². The molecule has 0 radical (unpaired) electrons. The number of nitrogens with zero attached hydrogens (tertiary/aromatic N) is 1. The van der Waals surface area contributed by atoms with E-state index in [1.54, 1.807) is 7.11 Å². The lowest BCUT2D eigenvalue weighted by atomic mass is 9.55. The SMILES string of the molecule is COC1(C)CC(N(C)C(=O)CC2(N)CCC2)C1(C)C. The molecule has 0 aliphatic heterocycles. The van der Waals surface area contributed by atoms with Crippen molar-refractivity contribution in [2.24, 2.45) is 11.1 Å². The fraction of sp³-hybridized carbons (Fsp3) is 0.933. The molecule has 2 aliphatic rings. The van der Waals surface area contributed by atoms with Gasteiger partial charge in [-0.3, -0.25) is 4.79 Å². The monoisotopic (exact) mass is 268 g/mol. The van der Waals surface area contributed by atoms with Crippen LogP contribution >= 0.6 is 0 Å². The molecular weight excluding hydrogens is 240 g/mol. The van der Waals surface area contributed by atoms with E-state index >= 15 is 0 Å². The van der Waals surface area contributed by atoms with Gasteiger partial charge in [-0.15, -0.1) is 0 Å². The molecular formula is C15H28N2O2. The van der Waals surface area contributed by atoms with Gasteiger partial charge in [0.2, 0.25) is 5.91 Å². The van der Waals surface area contributed by atoms with Gasteiger partial charge in [-0.1, -0.05) is 13.8 Å². The summed E-state index contributed by atoms with van der Waals surface area (Å²) in [6.07, 6.45) is 4.51. The van der Waals surface area contributed by atoms with Crippen LogP contribution in [-0.2, 0) is 9.53 Å². The smallest absolute Gasteiger partial charge is 0.224 e. The molecule has 0 spiro atoms. The van der Waals surface area contributed by atoms with E-state index in [1.165, 1.54) is 0 Å². The van der Waals surface area contributed by atoms with Gasteiger partial charge in [-0.05, 0) is 32.6 Å². The zero-order valence-corrected chi connectivity index (χ0v) is 13.0. The quantitative estimate of drug-likeness (QED) is 0.847. The molecule has 2 fully saturated rings. The second kappa shape index (κ2) is 4.45. The van der Waals surface area contributed by atoms with E-state index in [4.69, 9.17) is 10.5 Å². The molecule has 0 aromatic heterocycles. The second-order valence-corrected chi connectivity index (χ2v) is 7.27. The van der Waals surface area contributed by atoms with Gasteiger partial charge in [-0.25, -0.2) is 0 Å². The molecule has 110 valence electrons. The third-order valence-electron chi connectivity index (χ3n) is 5.94. The highest BCUT2D eigenvalue weighted by Crippen LogP contribution is 2.53. The van der Waals surface area contributed by atoms with Crippen LogP contribution in [0.25, 0.3) is 0 Å². The minimum Gasteiger partial charge on any atom is -0.378 e. The average Bonchev–Trinajstić information content (AvgIpc) is 2.32. The Morgan fingerprint density at radius 1 is 1.37 bits per heavy atom. The fourth-order valence-corrected chi connectivity index (χ4v) is 3.48. The first-order valence-corrected chi connectivity index (χ1v) is 7.25. The Bertz CT molecular complexity index is 376. The molecule has 0 aromatic rings. The standard InChI is InChI=1S/C15H28N2O2/c1-13(2)11(9-14(13,3)19-5)17(4)12(18)10-15(16)7-6-8-15/h11H,6-10,16H2,1-5H3. The van der Waals surface area contributed by atoms with Crippen molar-refractivity contribution >= 4 is 5.91 Å². The van der Waals surface area contributed by atoms with Crippen LogP contribution in [-0.4, -0.2) is 42.1 Å². The van der Waals surface area contributed by atoms with Gasteiger partial charge in [0, 0.05) is 37.6 Å². The maximum absolute atomic E-state index is 12.4. The molecule has 0 aromatic carbocycles. The van der Waals surface area contributed by atoms with E-state index in [-0.39, 0.29) is 28.5 Å². The lowest BCUT2D eigenvalue weighted by molar-refractivity contribution is -0.207. The maximum Gasteiger partial charge on any atom is 0.224 e. The Balaban J connectivity index is 1.98. The number of carbonyl (C=O) groups is 1. The molecule has 1 amide bonds. The summed E-state index contributed by atoms with van der Waals surface area (Å²) >= 11 is 0. The van der Waals surface area contributed by atoms with Gasteiger partial charge >= 0.3 is 0 Å². The van der Waals surface area contributed by atoms with Crippen LogP contribution < -0.4 is 5.73 Å². The summed E-state index contributed by atoms with van der Waals surface area (Å²) in [5.41, 5.74) is 5.79. The predicted molar refractivity (Wildman–Crippen MR) is 75.8 cm³/mol. The Morgan fingerprint density at radius 2 is 1.95 bits per heavy atom. The van der Waals surface area contributed by atoms with E-state index in [9.17, 15) is 4.79 Å². The third kappa shape index (κ3) is 2.19. The minimum absolute atomic E-state index is 0.0203. The molecule has 4 nitrogen and oxygen atoms in total. The molecule has 0 bridgehead atoms. The Labute approximate surface area is 116 Å². The highest BCUT2D eigenvalue weighted by molar-refractivity contribution is 5.78. The number of methoxy groups -OCH3 is 1. The van der Waals surface area contributed by atoms with Crippen LogP contribution in [0, 0.1) is 5.41 Å². The molecule has 2 unspecified atom stereocenters. The minimum atomic E-state index is -0.232. The van der Waals surface area contributed by atoms with Gasteiger partial charge in [0.05, 0.1) is 5.60 Å². The average molecular weight is 268 g/mol. The summed E-state index contributed by atoms with van der Waals surface area (Å²) in [6, 6.07) is 0.244. The first kappa shape index (κ1) is 14.8. The Morgan fingerprint density at radius 3 is 2.32 bits per heavy atom. The van der Waals surface area contributed by atoms with Crippen LogP contribution in [0.4, 0.5) is 0 Å². The van der Waals surface area contributed by atoms with Crippen LogP contribution in [0.3, 0.4) is 0 Å². The van der Waals surface area contributed by atoms with Crippen molar-refractivity contribution < 1.29 is 9.53 Å². The number of rotatable bonds is 4. The summed E-state index contributed by atoms with van der Waals surface area (Å²) in [4.78, 5) is 14.3. The van der Waals surface area contributed by atoms with E-state index in [1.807, 2.05) is 11.9 Å². The first-order chi connectivity index (χ1) is 8.65. The summed E-state index contributed by atoms with van der Waals surface area (Å²) in [5, 5.41) is 0. The summed E-state index contributed by atoms with van der Waals surface area (Å²) in [5.74, 6) is 0.179. The van der Waals surface area contributed by atoms with E-state index < -0.39 is 0 Å². The van der Waals surface area contributed by atoms with Crippen LogP contribution in [0.5, 0.6) is 0 Å². The topological polar surface area (TPSA) is 55.6 Å². The number of carbonyl (C=O) groups excluding carboxylic acids is 1. The van der Waals surface area contributed by atoms with Crippen molar-refractivity contribution in [1.82, 2.24) is 4.90 Å². The number of amides is 1. The highest BCUT2D eigenvalue weighted by Gasteiger charge is 2.60. The van der Waals surface area contributed by atoms with Crippen molar-refractivity contribution in [3.63, 3.8) is 0 Å². The van der Waals surface area contributed by atoms with Gasteiger partial charge in [-0.2, -0.15) is 0 Å². The molecule has 2 N–H and O–H groups in total. The molecule has 0 heterocycles. The Kier molecular flexibility index (Phi) is 3.47. The molecule has 19 heavy (non-hydrogen) atoms. The molecule has 2 rings (SSSR count). The number of hydrogen-bond acceptors (Lipinski definition) is 3. The van der Waals surface area contributed by atoms with Gasteiger partial charge in [0.1, 0.15) is 0 Å². The lowest BCUT2D eigenvalue weighted by Crippen LogP contribution is -2.69. The third-order valence-corrected chi connectivity index (χ3v) is 5.94. The van der Waals surface area contributed by atoms with E-state index in [2.05, 4.69) is 20.8 Å². The zero-order chi connectivity index (χ0) is 14.5.